The zero-order valence-electron chi connectivity index (χ0n) is 14.2. The molecule has 0 aromatic heterocycles. The highest BCUT2D eigenvalue weighted by Gasteiger charge is 2.33. The van der Waals surface area contributed by atoms with Crippen molar-refractivity contribution < 1.29 is 4.74 Å². The number of ether oxygens (including phenoxy) is 1. The summed E-state index contributed by atoms with van der Waals surface area (Å²) >= 11 is 0. The van der Waals surface area contributed by atoms with E-state index < -0.39 is 0 Å². The van der Waals surface area contributed by atoms with Gasteiger partial charge in [-0.1, -0.05) is 37.8 Å². The molecule has 0 heterocycles. The van der Waals surface area contributed by atoms with Crippen LogP contribution in [0.2, 0.25) is 0 Å². The van der Waals surface area contributed by atoms with Gasteiger partial charge in [0.25, 0.3) is 0 Å². The Kier molecular flexibility index (Phi) is 7.81. The molecule has 122 valence electrons. The largest absolute Gasteiger partial charge is 0.376 e. The van der Waals surface area contributed by atoms with Crippen molar-refractivity contribution in [3.8, 4) is 0 Å². The Labute approximate surface area is 131 Å². The molecular formula is C19H35NO. The van der Waals surface area contributed by atoms with Crippen molar-refractivity contribution >= 4 is 0 Å². The predicted molar refractivity (Wildman–Crippen MR) is 90.6 cm³/mol. The van der Waals surface area contributed by atoms with E-state index in [0.29, 0.717) is 12.1 Å². The third-order valence-corrected chi connectivity index (χ3v) is 5.14. The predicted octanol–water partition coefficient (Wildman–Crippen LogP) is 4.84. The number of hydrogen-bond donors (Lipinski definition) is 1. The van der Waals surface area contributed by atoms with Gasteiger partial charge in [-0.05, 0) is 64.3 Å². The van der Waals surface area contributed by atoms with E-state index in [0.717, 1.165) is 19.1 Å². The first-order valence-corrected chi connectivity index (χ1v) is 9.40. The van der Waals surface area contributed by atoms with Crippen molar-refractivity contribution in [1.82, 2.24) is 5.32 Å². The van der Waals surface area contributed by atoms with E-state index >= 15 is 0 Å². The minimum Gasteiger partial charge on any atom is -0.376 e. The average molecular weight is 293 g/mol. The first kappa shape index (κ1) is 17.0. The summed E-state index contributed by atoms with van der Waals surface area (Å²) in [6.45, 7) is 6.37. The molecule has 2 rings (SSSR count). The highest BCUT2D eigenvalue weighted by atomic mass is 16.5. The minimum absolute atomic E-state index is 0.395. The lowest BCUT2D eigenvalue weighted by atomic mass is 9.79. The summed E-state index contributed by atoms with van der Waals surface area (Å²) in [5.74, 6) is 0.760. The Bertz CT molecular complexity index is 307. The molecule has 1 fully saturated rings. The van der Waals surface area contributed by atoms with Gasteiger partial charge in [0.05, 0.1) is 12.1 Å². The van der Waals surface area contributed by atoms with Gasteiger partial charge in [0, 0.05) is 6.61 Å². The maximum atomic E-state index is 6.29. The molecule has 21 heavy (non-hydrogen) atoms. The first-order chi connectivity index (χ1) is 10.4. The van der Waals surface area contributed by atoms with Gasteiger partial charge >= 0.3 is 0 Å². The van der Waals surface area contributed by atoms with Crippen molar-refractivity contribution in [3.63, 3.8) is 0 Å². The SMILES string of the molecule is CCCNC(C1=CCCCC1)C(OCC)C1CCCCC1. The van der Waals surface area contributed by atoms with E-state index in [9.17, 15) is 0 Å². The van der Waals surface area contributed by atoms with Crippen LogP contribution in [0.1, 0.15) is 78.1 Å². The molecule has 0 amide bonds. The van der Waals surface area contributed by atoms with Crippen LogP contribution in [0.4, 0.5) is 0 Å². The molecule has 1 N–H and O–H groups in total. The molecule has 0 aromatic rings. The normalized spacial score (nSPS) is 23.6. The smallest absolute Gasteiger partial charge is 0.0794 e. The molecule has 0 aliphatic heterocycles. The lowest BCUT2D eigenvalue weighted by Crippen LogP contribution is -2.47. The Balaban J connectivity index is 2.10. The van der Waals surface area contributed by atoms with Gasteiger partial charge in [-0.25, -0.2) is 0 Å². The van der Waals surface area contributed by atoms with Crippen molar-refractivity contribution in [1.29, 1.82) is 0 Å². The van der Waals surface area contributed by atoms with Crippen LogP contribution in [-0.2, 0) is 4.74 Å². The van der Waals surface area contributed by atoms with Crippen molar-refractivity contribution in [2.45, 2.75) is 90.2 Å². The second kappa shape index (κ2) is 9.63. The average Bonchev–Trinajstić information content (AvgIpc) is 2.56. The highest BCUT2D eigenvalue weighted by Crippen LogP contribution is 2.33. The number of rotatable bonds is 8. The van der Waals surface area contributed by atoms with Crippen LogP contribution in [0.25, 0.3) is 0 Å². The highest BCUT2D eigenvalue weighted by molar-refractivity contribution is 5.16. The summed E-state index contributed by atoms with van der Waals surface area (Å²) in [7, 11) is 0. The van der Waals surface area contributed by atoms with Crippen LogP contribution in [-0.4, -0.2) is 25.3 Å². The quantitative estimate of drug-likeness (QED) is 0.647. The van der Waals surface area contributed by atoms with Gasteiger partial charge < -0.3 is 10.1 Å². The molecule has 0 saturated heterocycles. The van der Waals surface area contributed by atoms with Gasteiger partial charge in [0.1, 0.15) is 0 Å². The van der Waals surface area contributed by atoms with Crippen LogP contribution >= 0.6 is 0 Å². The van der Waals surface area contributed by atoms with E-state index in [-0.39, 0.29) is 0 Å². The molecular weight excluding hydrogens is 258 g/mol. The lowest BCUT2D eigenvalue weighted by Gasteiger charge is -2.38. The monoisotopic (exact) mass is 293 g/mol. The molecule has 0 aromatic carbocycles. The van der Waals surface area contributed by atoms with Crippen LogP contribution in [0.15, 0.2) is 11.6 Å². The zero-order valence-corrected chi connectivity index (χ0v) is 14.2. The van der Waals surface area contributed by atoms with Gasteiger partial charge in [0.15, 0.2) is 0 Å². The fourth-order valence-electron chi connectivity index (χ4n) is 4.06. The van der Waals surface area contributed by atoms with Gasteiger partial charge in [0.2, 0.25) is 0 Å². The second-order valence-corrected chi connectivity index (χ2v) is 6.77. The van der Waals surface area contributed by atoms with E-state index in [1.165, 1.54) is 64.2 Å². The minimum atomic E-state index is 0.395. The molecule has 2 unspecified atom stereocenters. The standard InChI is InChI=1S/C19H35NO/c1-3-15-20-18(16-11-7-5-8-12-16)19(21-4-2)17-13-9-6-10-14-17/h11,17-20H,3-10,12-15H2,1-2H3. The lowest BCUT2D eigenvalue weighted by molar-refractivity contribution is -0.0105. The van der Waals surface area contributed by atoms with Crippen LogP contribution < -0.4 is 5.32 Å². The number of nitrogens with one attached hydrogen (secondary N) is 1. The molecule has 2 aliphatic rings. The van der Waals surface area contributed by atoms with Gasteiger partial charge in [-0.2, -0.15) is 0 Å². The molecule has 1 saturated carbocycles. The summed E-state index contributed by atoms with van der Waals surface area (Å²) < 4.78 is 6.29. The topological polar surface area (TPSA) is 21.3 Å². The summed E-state index contributed by atoms with van der Waals surface area (Å²) in [5, 5.41) is 3.83. The van der Waals surface area contributed by atoms with Crippen LogP contribution in [0.3, 0.4) is 0 Å². The van der Waals surface area contributed by atoms with Crippen molar-refractivity contribution in [2.24, 2.45) is 5.92 Å². The Morgan fingerprint density at radius 2 is 1.95 bits per heavy atom. The Hall–Kier alpha value is -0.340. The fraction of sp³-hybridized carbons (Fsp3) is 0.895. The third kappa shape index (κ3) is 5.10. The summed E-state index contributed by atoms with van der Waals surface area (Å²) in [6.07, 6.45) is 16.3. The maximum absolute atomic E-state index is 6.29. The summed E-state index contributed by atoms with van der Waals surface area (Å²) in [5.41, 5.74) is 1.64. The van der Waals surface area contributed by atoms with E-state index in [2.05, 4.69) is 25.2 Å². The van der Waals surface area contributed by atoms with Crippen LogP contribution in [0, 0.1) is 5.92 Å². The molecule has 0 spiro atoms. The maximum Gasteiger partial charge on any atom is 0.0794 e. The van der Waals surface area contributed by atoms with Crippen LogP contribution in [0.5, 0.6) is 0 Å². The van der Waals surface area contributed by atoms with Crippen molar-refractivity contribution in [3.05, 3.63) is 11.6 Å². The van der Waals surface area contributed by atoms with Gasteiger partial charge in [-0.3, -0.25) is 0 Å². The number of allylic oxidation sites excluding steroid dienone is 1. The fourth-order valence-corrected chi connectivity index (χ4v) is 4.06. The zero-order chi connectivity index (χ0) is 14.9. The summed E-state index contributed by atoms with van der Waals surface area (Å²) in [6, 6.07) is 0.466. The molecule has 2 heteroatoms. The Morgan fingerprint density at radius 3 is 2.57 bits per heavy atom. The third-order valence-electron chi connectivity index (χ3n) is 5.14. The van der Waals surface area contributed by atoms with Gasteiger partial charge in [-0.15, -0.1) is 0 Å². The Morgan fingerprint density at radius 1 is 1.14 bits per heavy atom. The first-order valence-electron chi connectivity index (χ1n) is 9.40. The molecule has 0 bridgehead atoms. The van der Waals surface area contributed by atoms with E-state index in [4.69, 9.17) is 4.74 Å². The van der Waals surface area contributed by atoms with E-state index in [1.807, 2.05) is 0 Å². The second-order valence-electron chi connectivity index (χ2n) is 6.77. The molecule has 2 nitrogen and oxygen atoms in total. The van der Waals surface area contributed by atoms with Crippen molar-refractivity contribution in [2.75, 3.05) is 13.2 Å². The summed E-state index contributed by atoms with van der Waals surface area (Å²) in [4.78, 5) is 0. The molecule has 2 aliphatic carbocycles. The van der Waals surface area contributed by atoms with E-state index in [1.54, 1.807) is 5.57 Å². The molecule has 0 radical (unpaired) electrons. The number of hydrogen-bond acceptors (Lipinski definition) is 2. The molecule has 2 atom stereocenters.